The van der Waals surface area contributed by atoms with Crippen molar-refractivity contribution in [2.24, 2.45) is 0 Å². The molecule has 0 saturated carbocycles. The van der Waals surface area contributed by atoms with Gasteiger partial charge in [0.2, 0.25) is 0 Å². The summed E-state index contributed by atoms with van der Waals surface area (Å²) in [6.07, 6.45) is 4.05. The fraction of sp³-hybridized carbons (Fsp3) is 0.583. The second-order valence-electron chi connectivity index (χ2n) is 3.02. The van der Waals surface area contributed by atoms with E-state index in [1.807, 2.05) is 6.92 Å². The standard InChI is InChI=1S/C6H10O2.C3H6O.C3H6/c1-4-5(2)6(7)8-3;1-3-2-4-3;1-3-2/h4H,1-3H3;3H,2H2,1H3;3H,1H2,2H3/b5-4+;;. The van der Waals surface area contributed by atoms with Crippen molar-refractivity contribution in [2.75, 3.05) is 13.7 Å². The molecule has 0 N–H and O–H groups in total. The highest BCUT2D eigenvalue weighted by Gasteiger charge is 2.13. The van der Waals surface area contributed by atoms with Crippen LogP contribution in [-0.2, 0) is 14.3 Å². The van der Waals surface area contributed by atoms with E-state index in [9.17, 15) is 4.79 Å². The lowest BCUT2D eigenvalue weighted by Gasteiger charge is -1.93. The van der Waals surface area contributed by atoms with Gasteiger partial charge < -0.3 is 9.47 Å². The number of esters is 1. The number of epoxide rings is 1. The minimum absolute atomic E-state index is 0.257. The van der Waals surface area contributed by atoms with Crippen molar-refractivity contribution in [2.45, 2.75) is 33.8 Å². The van der Waals surface area contributed by atoms with E-state index in [0.717, 1.165) is 6.61 Å². The molecule has 0 aliphatic carbocycles. The molecule has 15 heavy (non-hydrogen) atoms. The first-order valence-electron chi connectivity index (χ1n) is 4.93. The van der Waals surface area contributed by atoms with E-state index < -0.39 is 0 Å². The summed E-state index contributed by atoms with van der Waals surface area (Å²) in [7, 11) is 1.37. The second-order valence-corrected chi connectivity index (χ2v) is 3.02. The van der Waals surface area contributed by atoms with Gasteiger partial charge in [-0.05, 0) is 27.7 Å². The highest BCUT2D eigenvalue weighted by Crippen LogP contribution is 2.04. The van der Waals surface area contributed by atoms with Crippen LogP contribution < -0.4 is 0 Å². The molecular weight excluding hydrogens is 192 g/mol. The number of methoxy groups -OCH3 is 1. The molecule has 1 aliphatic heterocycles. The maximum Gasteiger partial charge on any atom is 0.333 e. The Morgan fingerprint density at radius 3 is 1.93 bits per heavy atom. The zero-order chi connectivity index (χ0) is 12.3. The van der Waals surface area contributed by atoms with E-state index in [1.165, 1.54) is 7.11 Å². The van der Waals surface area contributed by atoms with Gasteiger partial charge in [-0.15, -0.1) is 6.58 Å². The van der Waals surface area contributed by atoms with Crippen LogP contribution in [0.2, 0.25) is 0 Å². The number of ether oxygens (including phenoxy) is 2. The van der Waals surface area contributed by atoms with Crippen molar-refractivity contribution >= 4 is 5.97 Å². The Bertz CT molecular complexity index is 203. The van der Waals surface area contributed by atoms with E-state index in [0.29, 0.717) is 11.7 Å². The third-order valence-corrected chi connectivity index (χ3v) is 1.44. The number of hydrogen-bond donors (Lipinski definition) is 0. The van der Waals surface area contributed by atoms with Crippen molar-refractivity contribution in [3.63, 3.8) is 0 Å². The van der Waals surface area contributed by atoms with E-state index in [-0.39, 0.29) is 5.97 Å². The van der Waals surface area contributed by atoms with Crippen LogP contribution in [0, 0.1) is 0 Å². The van der Waals surface area contributed by atoms with Gasteiger partial charge in [-0.1, -0.05) is 12.2 Å². The lowest BCUT2D eigenvalue weighted by atomic mass is 10.3. The first kappa shape index (κ1) is 16.3. The molecule has 0 bridgehead atoms. The molecule has 0 aromatic carbocycles. The van der Waals surface area contributed by atoms with Crippen LogP contribution in [0.3, 0.4) is 0 Å². The summed E-state index contributed by atoms with van der Waals surface area (Å²) in [5, 5.41) is 0. The molecule has 3 heteroatoms. The van der Waals surface area contributed by atoms with Gasteiger partial charge in [0.25, 0.3) is 0 Å². The highest BCUT2D eigenvalue weighted by molar-refractivity contribution is 5.87. The van der Waals surface area contributed by atoms with Gasteiger partial charge >= 0.3 is 5.97 Å². The smallest absolute Gasteiger partial charge is 0.333 e. The minimum atomic E-state index is -0.257. The van der Waals surface area contributed by atoms with Gasteiger partial charge in [-0.2, -0.15) is 0 Å². The summed E-state index contributed by atoms with van der Waals surface area (Å²) in [6, 6.07) is 0. The summed E-state index contributed by atoms with van der Waals surface area (Å²) in [6.45, 7) is 11.8. The lowest BCUT2D eigenvalue weighted by Crippen LogP contribution is -2.00. The average molecular weight is 214 g/mol. The molecule has 1 fully saturated rings. The predicted molar refractivity (Wildman–Crippen MR) is 62.7 cm³/mol. The molecule has 1 unspecified atom stereocenters. The van der Waals surface area contributed by atoms with Crippen molar-refractivity contribution in [1.29, 1.82) is 0 Å². The molecule has 1 atom stereocenters. The maximum atomic E-state index is 10.5. The first-order chi connectivity index (χ1) is 7.03. The van der Waals surface area contributed by atoms with Gasteiger partial charge in [0, 0.05) is 5.57 Å². The third-order valence-electron chi connectivity index (χ3n) is 1.44. The summed E-state index contributed by atoms with van der Waals surface area (Å²) in [4.78, 5) is 10.5. The largest absolute Gasteiger partial charge is 0.466 e. The van der Waals surface area contributed by atoms with Crippen LogP contribution in [0.4, 0.5) is 0 Å². The van der Waals surface area contributed by atoms with Gasteiger partial charge in [-0.3, -0.25) is 0 Å². The summed E-state index contributed by atoms with van der Waals surface area (Å²) < 4.78 is 9.10. The van der Waals surface area contributed by atoms with Crippen molar-refractivity contribution in [3.05, 3.63) is 24.3 Å². The Morgan fingerprint density at radius 2 is 1.87 bits per heavy atom. The van der Waals surface area contributed by atoms with Gasteiger partial charge in [0.1, 0.15) is 0 Å². The lowest BCUT2D eigenvalue weighted by molar-refractivity contribution is -0.136. The molecule has 1 saturated heterocycles. The molecule has 1 heterocycles. The molecule has 1 rings (SSSR count). The van der Waals surface area contributed by atoms with Crippen LogP contribution in [0.5, 0.6) is 0 Å². The zero-order valence-corrected chi connectivity index (χ0v) is 10.4. The summed E-state index contributed by atoms with van der Waals surface area (Å²) >= 11 is 0. The molecule has 0 aromatic heterocycles. The maximum absolute atomic E-state index is 10.5. The normalized spacial score (nSPS) is 17.4. The van der Waals surface area contributed by atoms with Crippen LogP contribution in [0.15, 0.2) is 24.3 Å². The Kier molecular flexibility index (Phi) is 12.0. The van der Waals surface area contributed by atoms with E-state index in [1.54, 1.807) is 26.0 Å². The van der Waals surface area contributed by atoms with E-state index in [4.69, 9.17) is 4.74 Å². The Hall–Kier alpha value is -1.09. The monoisotopic (exact) mass is 214 g/mol. The van der Waals surface area contributed by atoms with Crippen LogP contribution in [-0.4, -0.2) is 25.8 Å². The van der Waals surface area contributed by atoms with Crippen molar-refractivity contribution in [3.8, 4) is 0 Å². The molecule has 88 valence electrons. The fourth-order valence-corrected chi connectivity index (χ4v) is 0.375. The number of allylic oxidation sites excluding steroid dienone is 2. The van der Waals surface area contributed by atoms with Gasteiger partial charge in [0.05, 0.1) is 19.8 Å². The Balaban J connectivity index is 0. The minimum Gasteiger partial charge on any atom is -0.466 e. The predicted octanol–water partition coefficient (Wildman–Crippen LogP) is 2.72. The van der Waals surface area contributed by atoms with E-state index in [2.05, 4.69) is 18.2 Å². The highest BCUT2D eigenvalue weighted by atomic mass is 16.6. The number of carbonyl (C=O) groups is 1. The SMILES string of the molecule is C/C=C(\C)C(=O)OC.C=CC.CC1CO1. The third kappa shape index (κ3) is 15.6. The zero-order valence-electron chi connectivity index (χ0n) is 10.4. The Labute approximate surface area is 92.8 Å². The average Bonchev–Trinajstić information content (AvgIpc) is 3.00. The molecule has 0 spiro atoms. The molecule has 0 radical (unpaired) electrons. The fourth-order valence-electron chi connectivity index (χ4n) is 0.375. The van der Waals surface area contributed by atoms with E-state index >= 15 is 0 Å². The molecule has 3 nitrogen and oxygen atoms in total. The first-order valence-corrected chi connectivity index (χ1v) is 4.93. The molecular formula is C12H22O3. The topological polar surface area (TPSA) is 38.8 Å². The number of hydrogen-bond acceptors (Lipinski definition) is 3. The van der Waals surface area contributed by atoms with Crippen LogP contribution in [0.25, 0.3) is 0 Å². The summed E-state index contributed by atoms with van der Waals surface area (Å²) in [5.41, 5.74) is 0.646. The summed E-state index contributed by atoms with van der Waals surface area (Å²) in [5.74, 6) is -0.257. The van der Waals surface area contributed by atoms with Crippen LogP contribution >= 0.6 is 0 Å². The molecule has 1 aliphatic rings. The van der Waals surface area contributed by atoms with Crippen molar-refractivity contribution in [1.82, 2.24) is 0 Å². The number of carbonyl (C=O) groups excluding carboxylic acids is 1. The molecule has 0 aromatic rings. The Morgan fingerprint density at radius 1 is 1.53 bits per heavy atom. The van der Waals surface area contributed by atoms with Crippen molar-refractivity contribution < 1.29 is 14.3 Å². The van der Waals surface area contributed by atoms with Gasteiger partial charge in [-0.25, -0.2) is 4.79 Å². The molecule has 0 amide bonds. The quantitative estimate of drug-likeness (QED) is 0.291. The van der Waals surface area contributed by atoms with Gasteiger partial charge in [0.15, 0.2) is 0 Å². The second kappa shape index (κ2) is 11.0. The number of rotatable bonds is 1. The van der Waals surface area contributed by atoms with Crippen LogP contribution in [0.1, 0.15) is 27.7 Å².